The third-order valence-corrected chi connectivity index (χ3v) is 2.96. The zero-order chi connectivity index (χ0) is 11.6. The third-order valence-electron chi connectivity index (χ3n) is 1.74. The summed E-state index contributed by atoms with van der Waals surface area (Å²) < 4.78 is 27.0. The van der Waals surface area contributed by atoms with Crippen LogP contribution in [-0.4, -0.2) is 37.1 Å². The fourth-order valence-electron chi connectivity index (χ4n) is 0.763. The second kappa shape index (κ2) is 4.13. The van der Waals surface area contributed by atoms with E-state index in [4.69, 9.17) is 5.73 Å². The Bertz CT molecular complexity index is 376. The number of nitrogens with one attached hydrogen (secondary N) is 1. The molecule has 0 spiro atoms. The van der Waals surface area contributed by atoms with E-state index in [-0.39, 0.29) is 13.0 Å². The predicted octanol–water partition coefficient (Wildman–Crippen LogP) is -2.14. The second-order valence-electron chi connectivity index (χ2n) is 3.01. The van der Waals surface area contributed by atoms with Gasteiger partial charge in [0, 0.05) is 13.0 Å². The van der Waals surface area contributed by atoms with Crippen molar-refractivity contribution in [2.24, 2.45) is 5.73 Å². The molecule has 3 N–H and O–H groups in total. The van der Waals surface area contributed by atoms with Crippen LogP contribution in [-0.2, 0) is 24.2 Å². The molecular weight excluding hydrogens is 226 g/mol. The average Bonchev–Trinajstić information content (AvgIpc) is 2.10. The van der Waals surface area contributed by atoms with Gasteiger partial charge in [-0.1, -0.05) is 0 Å². The number of rotatable bonds is 4. The van der Waals surface area contributed by atoms with Crippen molar-refractivity contribution in [3.05, 3.63) is 0 Å². The summed E-state index contributed by atoms with van der Waals surface area (Å²) in [6.45, 7) is 1.43. The Kier molecular flexibility index (Phi) is 3.27. The van der Waals surface area contributed by atoms with E-state index in [0.717, 1.165) is 0 Å². The quantitative estimate of drug-likeness (QED) is 0.425. The Morgan fingerprint density at radius 2 is 2.27 bits per heavy atom. The van der Waals surface area contributed by atoms with Gasteiger partial charge in [-0.2, -0.15) is 8.42 Å². The molecule has 1 heterocycles. The monoisotopic (exact) mass is 237 g/mol. The Labute approximate surface area is 86.6 Å². The largest absolute Gasteiger partial charge is 0.385 e. The molecule has 86 valence electrons. The number of amides is 2. The van der Waals surface area contributed by atoms with Crippen LogP contribution in [0.25, 0.3) is 0 Å². The number of hydrogen-bond acceptors (Lipinski definition) is 6. The van der Waals surface area contributed by atoms with Crippen LogP contribution >= 0.6 is 0 Å². The van der Waals surface area contributed by atoms with Gasteiger partial charge in [0.2, 0.25) is 5.91 Å². The Balaban J connectivity index is 2.51. The minimum absolute atomic E-state index is 0.0647. The predicted molar refractivity (Wildman–Crippen MR) is 48.1 cm³/mol. The Morgan fingerprint density at radius 1 is 1.67 bits per heavy atom. The van der Waals surface area contributed by atoms with Gasteiger partial charge in [0.05, 0.1) is 6.04 Å². The van der Waals surface area contributed by atoms with E-state index in [1.165, 1.54) is 6.92 Å². The molecule has 1 fully saturated rings. The number of hydrogen-bond donors (Lipinski definition) is 2. The van der Waals surface area contributed by atoms with E-state index in [1.54, 1.807) is 5.48 Å². The lowest BCUT2D eigenvalue weighted by Gasteiger charge is -2.28. The molecule has 1 rings (SSSR count). The van der Waals surface area contributed by atoms with Crippen LogP contribution in [0.5, 0.6) is 0 Å². The summed E-state index contributed by atoms with van der Waals surface area (Å²) in [4.78, 5) is 21.7. The number of carbonyl (C=O) groups excluding carboxylic acids is 2. The zero-order valence-electron chi connectivity index (χ0n) is 7.97. The van der Waals surface area contributed by atoms with Crippen LogP contribution in [0.2, 0.25) is 0 Å². The number of nitrogens with zero attached hydrogens (tertiary/aromatic N) is 1. The summed E-state index contributed by atoms with van der Waals surface area (Å²) in [6.07, 6.45) is 0.157. The molecule has 1 aliphatic rings. The fourth-order valence-corrected chi connectivity index (χ4v) is 1.70. The highest BCUT2D eigenvalue weighted by molar-refractivity contribution is 7.85. The number of nitrogens with two attached hydrogens (primary N) is 1. The molecule has 1 saturated heterocycles. The maximum atomic E-state index is 11.2. The molecule has 0 bridgehead atoms. The molecule has 1 atom stereocenters. The summed E-state index contributed by atoms with van der Waals surface area (Å²) >= 11 is 0. The zero-order valence-corrected chi connectivity index (χ0v) is 8.78. The highest BCUT2D eigenvalue weighted by Crippen LogP contribution is 2.14. The van der Waals surface area contributed by atoms with Crippen molar-refractivity contribution in [2.75, 3.05) is 6.54 Å². The Hall–Kier alpha value is -1.19. The first-order valence-corrected chi connectivity index (χ1v) is 5.50. The summed E-state index contributed by atoms with van der Waals surface area (Å²) in [5, 5.41) is 0. The van der Waals surface area contributed by atoms with E-state index in [9.17, 15) is 18.0 Å². The van der Waals surface area contributed by atoms with Crippen LogP contribution in [0.3, 0.4) is 0 Å². The van der Waals surface area contributed by atoms with Crippen LogP contribution in [0, 0.1) is 0 Å². The maximum absolute atomic E-state index is 11.2. The van der Waals surface area contributed by atoms with E-state index < -0.39 is 28.2 Å². The van der Waals surface area contributed by atoms with Gasteiger partial charge in [0.15, 0.2) is 0 Å². The van der Waals surface area contributed by atoms with Crippen molar-refractivity contribution in [1.82, 2.24) is 9.79 Å². The standard InChI is InChI=1S/C6H11N3O5S/c1-4(7)6(11)8-14-15(12,13)9-3-2-5(9)10/h4H,2-3,7H2,1H3,(H,8,11)/t4-/m0/s1. The molecule has 0 saturated carbocycles. The summed E-state index contributed by atoms with van der Waals surface area (Å²) in [6, 6.07) is -0.896. The summed E-state index contributed by atoms with van der Waals surface area (Å²) in [7, 11) is -4.21. The van der Waals surface area contributed by atoms with Crippen LogP contribution < -0.4 is 11.2 Å². The Morgan fingerprint density at radius 3 is 2.60 bits per heavy atom. The topological polar surface area (TPSA) is 119 Å². The van der Waals surface area contributed by atoms with Gasteiger partial charge >= 0.3 is 10.3 Å². The van der Waals surface area contributed by atoms with Crippen molar-refractivity contribution < 1.29 is 22.3 Å². The first-order valence-electron chi connectivity index (χ1n) is 4.14. The van der Waals surface area contributed by atoms with Gasteiger partial charge in [0.1, 0.15) is 0 Å². The normalized spacial score (nSPS) is 18.3. The van der Waals surface area contributed by atoms with Crippen LogP contribution in [0.15, 0.2) is 0 Å². The molecule has 2 amide bonds. The van der Waals surface area contributed by atoms with Crippen molar-refractivity contribution in [3.63, 3.8) is 0 Å². The SMILES string of the molecule is C[C@H](N)C(=O)NOS(=O)(=O)N1CCC1=O. The molecule has 0 unspecified atom stereocenters. The van der Waals surface area contributed by atoms with Crippen molar-refractivity contribution >= 4 is 22.1 Å². The lowest BCUT2D eigenvalue weighted by molar-refractivity contribution is -0.135. The van der Waals surface area contributed by atoms with Gasteiger partial charge in [-0.05, 0) is 6.92 Å². The van der Waals surface area contributed by atoms with Crippen molar-refractivity contribution in [2.45, 2.75) is 19.4 Å². The molecule has 0 radical (unpaired) electrons. The highest BCUT2D eigenvalue weighted by Gasteiger charge is 2.36. The third kappa shape index (κ3) is 2.64. The first kappa shape index (κ1) is 11.9. The molecule has 0 aromatic heterocycles. The fraction of sp³-hybridized carbons (Fsp3) is 0.667. The lowest BCUT2D eigenvalue weighted by Crippen LogP contribution is -2.50. The van der Waals surface area contributed by atoms with E-state index in [2.05, 4.69) is 4.28 Å². The number of hydroxylamine groups is 1. The molecule has 0 aromatic rings. The van der Waals surface area contributed by atoms with Gasteiger partial charge < -0.3 is 5.73 Å². The van der Waals surface area contributed by atoms with Crippen LogP contribution in [0.1, 0.15) is 13.3 Å². The van der Waals surface area contributed by atoms with Gasteiger partial charge in [-0.15, -0.1) is 4.28 Å². The average molecular weight is 237 g/mol. The second-order valence-corrected chi connectivity index (χ2v) is 4.47. The minimum Gasteiger partial charge on any atom is -0.320 e. The van der Waals surface area contributed by atoms with E-state index >= 15 is 0 Å². The molecule has 0 aliphatic carbocycles. The van der Waals surface area contributed by atoms with Crippen molar-refractivity contribution in [1.29, 1.82) is 0 Å². The van der Waals surface area contributed by atoms with Gasteiger partial charge in [-0.25, -0.2) is 9.79 Å². The molecule has 15 heavy (non-hydrogen) atoms. The summed E-state index contributed by atoms with van der Waals surface area (Å²) in [5.41, 5.74) is 6.79. The lowest BCUT2D eigenvalue weighted by atomic mass is 10.3. The minimum atomic E-state index is -4.21. The first-order chi connectivity index (χ1) is 6.84. The van der Waals surface area contributed by atoms with Gasteiger partial charge in [-0.3, -0.25) is 9.59 Å². The molecule has 0 aromatic carbocycles. The number of carbonyl (C=O) groups is 2. The van der Waals surface area contributed by atoms with Crippen LogP contribution in [0.4, 0.5) is 0 Å². The number of β-lactam (4-membered cyclic amide) rings is 1. The molecule has 1 aliphatic heterocycles. The van der Waals surface area contributed by atoms with Crippen molar-refractivity contribution in [3.8, 4) is 0 Å². The molecule has 8 nitrogen and oxygen atoms in total. The maximum Gasteiger partial charge on any atom is 0.385 e. The van der Waals surface area contributed by atoms with E-state index in [0.29, 0.717) is 4.31 Å². The smallest absolute Gasteiger partial charge is 0.320 e. The summed E-state index contributed by atoms with van der Waals surface area (Å²) in [5.74, 6) is -1.35. The van der Waals surface area contributed by atoms with E-state index in [1.807, 2.05) is 0 Å². The van der Waals surface area contributed by atoms with Gasteiger partial charge in [0.25, 0.3) is 5.91 Å². The highest BCUT2D eigenvalue weighted by atomic mass is 32.2. The molecule has 9 heteroatoms. The molecular formula is C6H11N3O5S.